The third-order valence-electron chi connectivity index (χ3n) is 2.33. The number of carboxylic acids is 1. The summed E-state index contributed by atoms with van der Waals surface area (Å²) in [6.45, 7) is 6.60. The van der Waals surface area contributed by atoms with Gasteiger partial charge in [-0.25, -0.2) is 4.79 Å². The van der Waals surface area contributed by atoms with E-state index in [1.54, 1.807) is 12.1 Å². The lowest BCUT2D eigenvalue weighted by atomic mass is 10.1. The molecule has 0 aliphatic rings. The van der Waals surface area contributed by atoms with Crippen LogP contribution in [0.1, 0.15) is 41.7 Å². The Bertz CT molecular complexity index is 341. The highest BCUT2D eigenvalue weighted by atomic mass is 32.1. The molecule has 0 aromatic carbocycles. The van der Waals surface area contributed by atoms with Crippen LogP contribution >= 0.6 is 11.3 Å². The molecule has 0 amide bonds. The van der Waals surface area contributed by atoms with Crippen molar-refractivity contribution in [3.05, 3.63) is 21.9 Å². The molecule has 0 spiro atoms. The first kappa shape index (κ1) is 12.2. The average molecular weight is 228 g/mol. The van der Waals surface area contributed by atoms with Crippen molar-refractivity contribution in [1.82, 2.24) is 0 Å². The maximum absolute atomic E-state index is 10.6. The van der Waals surface area contributed by atoms with Crippen molar-refractivity contribution in [2.24, 2.45) is 0 Å². The van der Waals surface area contributed by atoms with Crippen LogP contribution in [0, 0.1) is 0 Å². The van der Waals surface area contributed by atoms with E-state index >= 15 is 0 Å². The van der Waals surface area contributed by atoms with Crippen LogP contribution < -0.4 is 0 Å². The summed E-state index contributed by atoms with van der Waals surface area (Å²) in [6, 6.07) is 3.42. The monoisotopic (exact) mass is 228 g/mol. The van der Waals surface area contributed by atoms with Crippen LogP contribution in [0.3, 0.4) is 0 Å². The quantitative estimate of drug-likeness (QED) is 0.842. The molecular weight excluding hydrogens is 212 g/mol. The molecule has 0 atom stereocenters. The highest BCUT2D eigenvalue weighted by molar-refractivity contribution is 7.13. The van der Waals surface area contributed by atoms with Crippen LogP contribution in [0.5, 0.6) is 0 Å². The number of thiophene rings is 1. The summed E-state index contributed by atoms with van der Waals surface area (Å²) in [5, 5.41) is 8.74. The summed E-state index contributed by atoms with van der Waals surface area (Å²) in [4.78, 5) is 12.0. The molecule has 0 bridgehead atoms. The van der Waals surface area contributed by atoms with Crippen molar-refractivity contribution >= 4 is 17.3 Å². The summed E-state index contributed by atoms with van der Waals surface area (Å²) in [5.41, 5.74) is -0.145. The second-order valence-electron chi connectivity index (χ2n) is 3.97. The minimum atomic E-state index is -0.874. The molecule has 0 saturated heterocycles. The lowest BCUT2D eigenvalue weighted by Gasteiger charge is -2.22. The third kappa shape index (κ3) is 3.64. The minimum absolute atomic E-state index is 0.145. The number of rotatable bonds is 5. The average Bonchev–Trinajstić information content (AvgIpc) is 2.63. The number of aromatic carboxylic acids is 1. The van der Waals surface area contributed by atoms with Gasteiger partial charge in [0.2, 0.25) is 0 Å². The Balaban J connectivity index is 2.55. The SMILES string of the molecule is CCC(C)(C)OCc1ccc(C(=O)O)s1. The Labute approximate surface area is 93.7 Å². The molecule has 1 aromatic rings. The van der Waals surface area contributed by atoms with Gasteiger partial charge in [-0.15, -0.1) is 11.3 Å². The summed E-state index contributed by atoms with van der Waals surface area (Å²) in [7, 11) is 0. The van der Waals surface area contributed by atoms with E-state index in [2.05, 4.69) is 6.92 Å². The molecular formula is C11H16O3S. The van der Waals surface area contributed by atoms with E-state index in [-0.39, 0.29) is 5.60 Å². The Morgan fingerprint density at radius 1 is 1.53 bits per heavy atom. The van der Waals surface area contributed by atoms with Crippen LogP contribution in [0.4, 0.5) is 0 Å². The number of ether oxygens (including phenoxy) is 1. The summed E-state index contributed by atoms with van der Waals surface area (Å²) >= 11 is 1.27. The molecule has 0 radical (unpaired) electrons. The first-order chi connectivity index (χ1) is 6.94. The number of hydrogen-bond acceptors (Lipinski definition) is 3. The molecule has 1 N–H and O–H groups in total. The van der Waals surface area contributed by atoms with E-state index in [0.717, 1.165) is 11.3 Å². The number of hydrogen-bond donors (Lipinski definition) is 1. The largest absolute Gasteiger partial charge is 0.477 e. The maximum Gasteiger partial charge on any atom is 0.345 e. The molecule has 0 saturated carbocycles. The number of carbonyl (C=O) groups is 1. The molecule has 1 aromatic heterocycles. The van der Waals surface area contributed by atoms with Gasteiger partial charge in [0, 0.05) is 4.88 Å². The van der Waals surface area contributed by atoms with E-state index in [4.69, 9.17) is 9.84 Å². The maximum atomic E-state index is 10.6. The molecule has 15 heavy (non-hydrogen) atoms. The Morgan fingerprint density at radius 3 is 2.67 bits per heavy atom. The van der Waals surface area contributed by atoms with E-state index in [1.807, 2.05) is 13.8 Å². The van der Waals surface area contributed by atoms with Crippen LogP contribution in [-0.2, 0) is 11.3 Å². The zero-order valence-corrected chi connectivity index (χ0v) is 10.1. The lowest BCUT2D eigenvalue weighted by Crippen LogP contribution is -2.22. The van der Waals surface area contributed by atoms with Crippen molar-refractivity contribution in [3.8, 4) is 0 Å². The van der Waals surface area contributed by atoms with Gasteiger partial charge >= 0.3 is 5.97 Å². The van der Waals surface area contributed by atoms with E-state index in [1.165, 1.54) is 11.3 Å². The fraction of sp³-hybridized carbons (Fsp3) is 0.545. The highest BCUT2D eigenvalue weighted by Gasteiger charge is 2.16. The molecule has 3 nitrogen and oxygen atoms in total. The van der Waals surface area contributed by atoms with Crippen molar-refractivity contribution in [3.63, 3.8) is 0 Å². The van der Waals surface area contributed by atoms with Crippen LogP contribution in [0.15, 0.2) is 12.1 Å². The standard InChI is InChI=1S/C11H16O3S/c1-4-11(2,3)14-7-8-5-6-9(15-8)10(12)13/h5-6H,4,7H2,1-3H3,(H,12,13). The molecule has 0 unspecified atom stereocenters. The summed E-state index contributed by atoms with van der Waals surface area (Å²) in [6.07, 6.45) is 0.935. The van der Waals surface area contributed by atoms with Crippen molar-refractivity contribution in [1.29, 1.82) is 0 Å². The van der Waals surface area contributed by atoms with Crippen LogP contribution in [-0.4, -0.2) is 16.7 Å². The second kappa shape index (κ2) is 4.77. The zero-order chi connectivity index (χ0) is 11.5. The van der Waals surface area contributed by atoms with Gasteiger partial charge in [-0.05, 0) is 32.4 Å². The van der Waals surface area contributed by atoms with Gasteiger partial charge in [0.25, 0.3) is 0 Å². The lowest BCUT2D eigenvalue weighted by molar-refractivity contribution is -0.0304. The first-order valence-corrected chi connectivity index (χ1v) is 5.72. The number of carboxylic acid groups (broad SMARTS) is 1. The van der Waals surface area contributed by atoms with Gasteiger partial charge < -0.3 is 9.84 Å². The van der Waals surface area contributed by atoms with Crippen molar-refractivity contribution in [2.45, 2.75) is 39.4 Å². The van der Waals surface area contributed by atoms with Gasteiger partial charge in [-0.2, -0.15) is 0 Å². The molecule has 1 heterocycles. The van der Waals surface area contributed by atoms with Crippen LogP contribution in [0.2, 0.25) is 0 Å². The Kier molecular flexibility index (Phi) is 3.88. The predicted molar refractivity (Wildman–Crippen MR) is 60.4 cm³/mol. The van der Waals surface area contributed by atoms with Gasteiger partial charge in [0.1, 0.15) is 4.88 Å². The molecule has 84 valence electrons. The Hall–Kier alpha value is -0.870. The fourth-order valence-electron chi connectivity index (χ4n) is 0.939. The third-order valence-corrected chi connectivity index (χ3v) is 3.38. The van der Waals surface area contributed by atoms with Crippen molar-refractivity contribution in [2.75, 3.05) is 0 Å². The van der Waals surface area contributed by atoms with Crippen molar-refractivity contribution < 1.29 is 14.6 Å². The molecule has 1 rings (SSSR count). The van der Waals surface area contributed by atoms with Gasteiger partial charge in [-0.3, -0.25) is 0 Å². The van der Waals surface area contributed by atoms with Gasteiger partial charge in [-0.1, -0.05) is 6.92 Å². The highest BCUT2D eigenvalue weighted by Crippen LogP contribution is 2.21. The van der Waals surface area contributed by atoms with E-state index in [0.29, 0.717) is 11.5 Å². The predicted octanol–water partition coefficient (Wildman–Crippen LogP) is 3.15. The van der Waals surface area contributed by atoms with Gasteiger partial charge in [0.15, 0.2) is 0 Å². The van der Waals surface area contributed by atoms with Crippen LogP contribution in [0.25, 0.3) is 0 Å². The summed E-state index contributed by atoms with van der Waals surface area (Å²) in [5.74, 6) is -0.874. The minimum Gasteiger partial charge on any atom is -0.477 e. The molecule has 4 heteroatoms. The van der Waals surface area contributed by atoms with E-state index in [9.17, 15) is 4.79 Å². The summed E-state index contributed by atoms with van der Waals surface area (Å²) < 4.78 is 5.68. The molecule has 0 aliphatic heterocycles. The smallest absolute Gasteiger partial charge is 0.345 e. The zero-order valence-electron chi connectivity index (χ0n) is 9.24. The Morgan fingerprint density at radius 2 is 2.20 bits per heavy atom. The van der Waals surface area contributed by atoms with E-state index < -0.39 is 5.97 Å². The molecule has 0 aliphatic carbocycles. The second-order valence-corrected chi connectivity index (χ2v) is 5.14. The first-order valence-electron chi connectivity index (χ1n) is 4.90. The molecule has 0 fully saturated rings. The topological polar surface area (TPSA) is 46.5 Å². The van der Waals surface area contributed by atoms with Gasteiger partial charge in [0.05, 0.1) is 12.2 Å². The normalized spacial score (nSPS) is 11.7. The fourth-order valence-corrected chi connectivity index (χ4v) is 1.70.